The van der Waals surface area contributed by atoms with Crippen molar-refractivity contribution in [3.63, 3.8) is 0 Å². The van der Waals surface area contributed by atoms with E-state index in [0.29, 0.717) is 23.6 Å². The lowest BCUT2D eigenvalue weighted by Crippen LogP contribution is -2.42. The largest absolute Gasteiger partial charge is 0.344 e. The van der Waals surface area contributed by atoms with Gasteiger partial charge in [0.05, 0.1) is 23.2 Å². The molecule has 0 spiro atoms. The van der Waals surface area contributed by atoms with Gasteiger partial charge in [-0.3, -0.25) is 9.59 Å². The van der Waals surface area contributed by atoms with E-state index >= 15 is 0 Å². The Labute approximate surface area is 128 Å². The number of amides is 2. The molecule has 0 unspecified atom stereocenters. The van der Waals surface area contributed by atoms with E-state index in [1.165, 1.54) is 0 Å². The van der Waals surface area contributed by atoms with Gasteiger partial charge < -0.3 is 10.6 Å². The lowest BCUT2D eigenvalue weighted by Gasteiger charge is -2.16. The summed E-state index contributed by atoms with van der Waals surface area (Å²) in [5.74, 6) is -0.358. The van der Waals surface area contributed by atoms with Gasteiger partial charge in [0.1, 0.15) is 6.04 Å². The molecule has 6 heteroatoms. The summed E-state index contributed by atoms with van der Waals surface area (Å²) < 4.78 is 0. The van der Waals surface area contributed by atoms with Crippen molar-refractivity contribution in [1.29, 1.82) is 5.26 Å². The average molecular weight is 306 g/mol. The fourth-order valence-electron chi connectivity index (χ4n) is 2.25. The number of nitrogens with zero attached hydrogens (tertiary/aromatic N) is 1. The second-order valence-corrected chi connectivity index (χ2v) is 5.41. The molecular weight excluding hydrogens is 290 g/mol. The Morgan fingerprint density at radius 1 is 1.48 bits per heavy atom. The van der Waals surface area contributed by atoms with Gasteiger partial charge in [-0.05, 0) is 30.5 Å². The molecule has 2 N–H and O–H groups in total. The highest BCUT2D eigenvalue weighted by Crippen LogP contribution is 2.24. The normalized spacial score (nSPS) is 18.3. The Hall–Kier alpha value is -2.06. The fourth-order valence-corrected chi connectivity index (χ4v) is 2.50. The lowest BCUT2D eigenvalue weighted by atomic mass is 10.1. The molecule has 1 atom stereocenters. The van der Waals surface area contributed by atoms with Crippen LogP contribution in [0.4, 0.5) is 5.69 Å². The molecule has 2 amide bonds. The third-order valence-electron chi connectivity index (χ3n) is 3.37. The first-order valence-corrected chi connectivity index (χ1v) is 7.23. The van der Waals surface area contributed by atoms with Gasteiger partial charge in [0.15, 0.2) is 0 Å². The Morgan fingerprint density at radius 2 is 2.29 bits per heavy atom. The second kappa shape index (κ2) is 7.09. The molecule has 2 rings (SSSR count). The molecule has 1 heterocycles. The van der Waals surface area contributed by atoms with Crippen LogP contribution in [0, 0.1) is 11.3 Å². The third-order valence-corrected chi connectivity index (χ3v) is 3.69. The van der Waals surface area contributed by atoms with Crippen LogP contribution >= 0.6 is 11.6 Å². The number of benzene rings is 1. The van der Waals surface area contributed by atoms with Gasteiger partial charge in [-0.15, -0.1) is 0 Å². The molecule has 5 nitrogen and oxygen atoms in total. The van der Waals surface area contributed by atoms with Crippen LogP contribution in [0.2, 0.25) is 5.02 Å². The van der Waals surface area contributed by atoms with Gasteiger partial charge in [-0.1, -0.05) is 24.1 Å². The van der Waals surface area contributed by atoms with Crippen molar-refractivity contribution >= 4 is 29.1 Å². The van der Waals surface area contributed by atoms with Crippen molar-refractivity contribution in [2.24, 2.45) is 0 Å². The fraction of sp³-hybridized carbons (Fsp3) is 0.400. The monoisotopic (exact) mass is 305 g/mol. The first kappa shape index (κ1) is 15.3. The molecule has 1 fully saturated rings. The highest BCUT2D eigenvalue weighted by Gasteiger charge is 2.23. The van der Waals surface area contributed by atoms with E-state index in [1.807, 2.05) is 6.07 Å². The van der Waals surface area contributed by atoms with E-state index in [0.717, 1.165) is 18.4 Å². The quantitative estimate of drug-likeness (QED) is 0.899. The Kier molecular flexibility index (Phi) is 5.18. The molecule has 0 bridgehead atoms. The summed E-state index contributed by atoms with van der Waals surface area (Å²) in [5, 5.41) is 14.5. The van der Waals surface area contributed by atoms with Crippen LogP contribution in [0.1, 0.15) is 31.2 Å². The maximum absolute atomic E-state index is 12.2. The zero-order valence-corrected chi connectivity index (χ0v) is 12.2. The summed E-state index contributed by atoms with van der Waals surface area (Å²) in [6.45, 7) is 0. The first-order chi connectivity index (χ1) is 10.1. The van der Waals surface area contributed by atoms with Crippen molar-refractivity contribution < 1.29 is 9.59 Å². The van der Waals surface area contributed by atoms with Crippen LogP contribution in [0.15, 0.2) is 18.2 Å². The maximum atomic E-state index is 12.2. The first-order valence-electron chi connectivity index (χ1n) is 6.86. The molecule has 0 aromatic heterocycles. The molecule has 1 aromatic carbocycles. The highest BCUT2D eigenvalue weighted by molar-refractivity contribution is 6.33. The molecule has 1 aromatic rings. The van der Waals surface area contributed by atoms with Crippen LogP contribution in [0.25, 0.3) is 0 Å². The van der Waals surface area contributed by atoms with Crippen LogP contribution in [0.3, 0.4) is 0 Å². The molecule has 0 saturated carbocycles. The summed E-state index contributed by atoms with van der Waals surface area (Å²) in [5.41, 5.74) is 1.28. The minimum absolute atomic E-state index is 0.0943. The van der Waals surface area contributed by atoms with Crippen molar-refractivity contribution in [3.8, 4) is 6.07 Å². The van der Waals surface area contributed by atoms with Crippen molar-refractivity contribution in [1.82, 2.24) is 5.32 Å². The zero-order valence-electron chi connectivity index (χ0n) is 11.5. The molecule has 0 radical (unpaired) electrons. The van der Waals surface area contributed by atoms with Crippen molar-refractivity contribution in [2.45, 2.75) is 38.1 Å². The molecule has 1 saturated heterocycles. The van der Waals surface area contributed by atoms with Crippen molar-refractivity contribution in [2.75, 3.05) is 5.32 Å². The average Bonchev–Trinajstić information content (AvgIpc) is 2.67. The standard InChI is InChI=1S/C15H16ClN3O2/c16-11-9-10(7-8-17)5-6-12(11)19-15(21)13-3-1-2-4-14(20)18-13/h5-6,9,13H,1-4,7H2,(H,18,20)(H,19,21)/t13-/m0/s1. The van der Waals surface area contributed by atoms with E-state index in [9.17, 15) is 9.59 Å². The molecule has 0 aliphatic carbocycles. The predicted octanol–water partition coefficient (Wildman–Crippen LogP) is 2.40. The lowest BCUT2D eigenvalue weighted by molar-refractivity contribution is -0.125. The van der Waals surface area contributed by atoms with Crippen LogP contribution in [-0.4, -0.2) is 17.9 Å². The zero-order chi connectivity index (χ0) is 15.2. The van der Waals surface area contributed by atoms with E-state index in [1.54, 1.807) is 18.2 Å². The van der Waals surface area contributed by atoms with E-state index in [4.69, 9.17) is 16.9 Å². The van der Waals surface area contributed by atoms with E-state index in [-0.39, 0.29) is 18.2 Å². The van der Waals surface area contributed by atoms with E-state index < -0.39 is 6.04 Å². The van der Waals surface area contributed by atoms with Crippen LogP contribution in [0.5, 0.6) is 0 Å². The smallest absolute Gasteiger partial charge is 0.246 e. The Bertz CT molecular complexity index is 595. The van der Waals surface area contributed by atoms with Gasteiger partial charge in [-0.2, -0.15) is 5.26 Å². The van der Waals surface area contributed by atoms with Gasteiger partial charge in [0, 0.05) is 6.42 Å². The summed E-state index contributed by atoms with van der Waals surface area (Å²) in [6.07, 6.45) is 3.01. The number of hydrogen-bond donors (Lipinski definition) is 2. The van der Waals surface area contributed by atoms with Gasteiger partial charge in [0.2, 0.25) is 11.8 Å². The Morgan fingerprint density at radius 3 is 3.00 bits per heavy atom. The maximum Gasteiger partial charge on any atom is 0.246 e. The summed E-state index contributed by atoms with van der Waals surface area (Å²) in [7, 11) is 0. The molecule has 110 valence electrons. The molecule has 1 aliphatic rings. The number of carbonyl (C=O) groups excluding carboxylic acids is 2. The summed E-state index contributed by atoms with van der Waals surface area (Å²) >= 11 is 6.10. The molecule has 21 heavy (non-hydrogen) atoms. The number of hydrogen-bond acceptors (Lipinski definition) is 3. The third kappa shape index (κ3) is 4.20. The number of rotatable bonds is 3. The molecule has 1 aliphatic heterocycles. The minimum Gasteiger partial charge on any atom is -0.344 e. The van der Waals surface area contributed by atoms with Gasteiger partial charge >= 0.3 is 0 Å². The van der Waals surface area contributed by atoms with Gasteiger partial charge in [-0.25, -0.2) is 0 Å². The van der Waals surface area contributed by atoms with Crippen LogP contribution < -0.4 is 10.6 Å². The molecular formula is C15H16ClN3O2. The second-order valence-electron chi connectivity index (χ2n) is 5.00. The summed E-state index contributed by atoms with van der Waals surface area (Å²) in [6, 6.07) is 6.60. The van der Waals surface area contributed by atoms with E-state index in [2.05, 4.69) is 10.6 Å². The summed E-state index contributed by atoms with van der Waals surface area (Å²) in [4.78, 5) is 23.7. The minimum atomic E-state index is -0.519. The SMILES string of the molecule is N#CCc1ccc(NC(=O)[C@@H]2CCCCC(=O)N2)c(Cl)c1. The number of anilines is 1. The highest BCUT2D eigenvalue weighted by atomic mass is 35.5. The predicted molar refractivity (Wildman–Crippen MR) is 79.8 cm³/mol. The number of nitrogens with one attached hydrogen (secondary N) is 2. The number of nitriles is 1. The van der Waals surface area contributed by atoms with Gasteiger partial charge in [0.25, 0.3) is 0 Å². The van der Waals surface area contributed by atoms with Crippen LogP contribution in [-0.2, 0) is 16.0 Å². The Balaban J connectivity index is 2.05. The number of halogens is 1. The van der Waals surface area contributed by atoms with Crippen molar-refractivity contribution in [3.05, 3.63) is 28.8 Å². The topological polar surface area (TPSA) is 82.0 Å². The number of carbonyl (C=O) groups is 2.